The molecule has 1 spiro atoms. The molecule has 1 unspecified atom stereocenters. The fourth-order valence-electron chi connectivity index (χ4n) is 5.59. The first-order valence-electron chi connectivity index (χ1n) is 11.8. The summed E-state index contributed by atoms with van der Waals surface area (Å²) in [6.07, 6.45) is 5.96. The van der Waals surface area contributed by atoms with E-state index in [0.29, 0.717) is 12.5 Å². The number of carbonyl (C=O) groups is 1. The van der Waals surface area contributed by atoms with Crippen LogP contribution >= 0.6 is 0 Å². The van der Waals surface area contributed by atoms with Gasteiger partial charge in [0.25, 0.3) is 0 Å². The zero-order valence-corrected chi connectivity index (χ0v) is 19.5. The number of methoxy groups -OCH3 is 1. The standard InChI is InChI=1S/C27H35FN2O2/c1-4-20(2)17-26(22-6-5-7-23(28)16-22)12-14-27(15-13-26)19-30(25(31)29-27)18-21-8-10-24(32-3)11-9-21/h5-11,16,20H,4,12-15,17-19H2,1-3H3,(H,29,31)/t20?,26-,27-. The highest BCUT2D eigenvalue weighted by molar-refractivity contribution is 5.78. The van der Waals surface area contributed by atoms with Gasteiger partial charge in [0.05, 0.1) is 12.6 Å². The summed E-state index contributed by atoms with van der Waals surface area (Å²) >= 11 is 0. The van der Waals surface area contributed by atoms with Gasteiger partial charge in [0, 0.05) is 13.1 Å². The molecule has 4 nitrogen and oxygen atoms in total. The van der Waals surface area contributed by atoms with E-state index in [1.807, 2.05) is 35.2 Å². The summed E-state index contributed by atoms with van der Waals surface area (Å²) < 4.78 is 19.3. The number of nitrogens with one attached hydrogen (secondary N) is 1. The number of nitrogens with zero attached hydrogens (tertiary/aromatic N) is 1. The molecule has 2 aromatic carbocycles. The lowest BCUT2D eigenvalue weighted by molar-refractivity contribution is 0.155. The van der Waals surface area contributed by atoms with Gasteiger partial charge in [-0.3, -0.25) is 0 Å². The van der Waals surface area contributed by atoms with Crippen LogP contribution in [0.25, 0.3) is 0 Å². The van der Waals surface area contributed by atoms with E-state index in [1.54, 1.807) is 13.2 Å². The molecule has 4 rings (SSSR count). The van der Waals surface area contributed by atoms with Crippen molar-refractivity contribution in [2.75, 3.05) is 13.7 Å². The molecule has 1 heterocycles. The Hall–Kier alpha value is -2.56. The quantitative estimate of drug-likeness (QED) is 0.572. The van der Waals surface area contributed by atoms with Gasteiger partial charge in [-0.2, -0.15) is 0 Å². The lowest BCUT2D eigenvalue weighted by atomic mass is 9.61. The minimum absolute atomic E-state index is 0.0148. The molecule has 1 aliphatic heterocycles. The molecule has 0 radical (unpaired) electrons. The van der Waals surface area contributed by atoms with Gasteiger partial charge < -0.3 is 15.0 Å². The minimum atomic E-state index is -0.185. The number of amides is 2. The van der Waals surface area contributed by atoms with Crippen LogP contribution in [0.1, 0.15) is 63.5 Å². The molecular formula is C27H35FN2O2. The zero-order chi connectivity index (χ0) is 22.8. The smallest absolute Gasteiger partial charge is 0.318 e. The highest BCUT2D eigenvalue weighted by Crippen LogP contribution is 2.48. The van der Waals surface area contributed by atoms with E-state index < -0.39 is 0 Å². The number of ether oxygens (including phenoxy) is 1. The van der Waals surface area contributed by atoms with Crippen LogP contribution in [0.3, 0.4) is 0 Å². The van der Waals surface area contributed by atoms with Crippen LogP contribution in [0.4, 0.5) is 9.18 Å². The number of urea groups is 1. The van der Waals surface area contributed by atoms with Crippen LogP contribution in [0.5, 0.6) is 5.75 Å². The summed E-state index contributed by atoms with van der Waals surface area (Å²) in [5.74, 6) is 1.24. The summed E-state index contributed by atoms with van der Waals surface area (Å²) in [5, 5.41) is 3.32. The summed E-state index contributed by atoms with van der Waals surface area (Å²) in [5.41, 5.74) is 2.01. The minimum Gasteiger partial charge on any atom is -0.497 e. The number of halogens is 1. The maximum absolute atomic E-state index is 14.1. The molecule has 1 atom stereocenters. The zero-order valence-electron chi connectivity index (χ0n) is 19.5. The second-order valence-corrected chi connectivity index (χ2v) is 9.92. The highest BCUT2D eigenvalue weighted by atomic mass is 19.1. The van der Waals surface area contributed by atoms with Crippen molar-refractivity contribution in [1.29, 1.82) is 0 Å². The topological polar surface area (TPSA) is 41.6 Å². The van der Waals surface area contributed by atoms with Gasteiger partial charge in [-0.1, -0.05) is 44.5 Å². The Bertz CT molecular complexity index is 935. The van der Waals surface area contributed by atoms with Crippen molar-refractivity contribution >= 4 is 6.03 Å². The molecule has 172 valence electrons. The van der Waals surface area contributed by atoms with Crippen LogP contribution < -0.4 is 10.1 Å². The monoisotopic (exact) mass is 438 g/mol. The fraction of sp³-hybridized carbons (Fsp3) is 0.519. The van der Waals surface area contributed by atoms with Gasteiger partial charge >= 0.3 is 6.03 Å². The first-order valence-corrected chi connectivity index (χ1v) is 11.8. The Morgan fingerprint density at radius 3 is 2.47 bits per heavy atom. The molecule has 2 aliphatic rings. The molecular weight excluding hydrogens is 403 g/mol. The van der Waals surface area contributed by atoms with Crippen LogP contribution in [0.15, 0.2) is 48.5 Å². The molecule has 32 heavy (non-hydrogen) atoms. The van der Waals surface area contributed by atoms with Gasteiger partial charge in [0.15, 0.2) is 0 Å². The van der Waals surface area contributed by atoms with Crippen molar-refractivity contribution in [3.8, 4) is 5.75 Å². The molecule has 1 saturated carbocycles. The number of carbonyl (C=O) groups excluding carboxylic acids is 1. The van der Waals surface area contributed by atoms with Gasteiger partial charge in [-0.15, -0.1) is 0 Å². The second-order valence-electron chi connectivity index (χ2n) is 9.92. The maximum atomic E-state index is 14.1. The predicted octanol–water partition coefficient (Wildman–Crippen LogP) is 6.05. The van der Waals surface area contributed by atoms with E-state index in [0.717, 1.165) is 61.9 Å². The second kappa shape index (κ2) is 9.13. The molecule has 1 N–H and O–H groups in total. The Labute approximate surface area is 191 Å². The average Bonchev–Trinajstić information content (AvgIpc) is 3.10. The summed E-state index contributed by atoms with van der Waals surface area (Å²) in [6, 6.07) is 15.1. The van der Waals surface area contributed by atoms with Crippen molar-refractivity contribution in [3.63, 3.8) is 0 Å². The first kappa shape index (κ1) is 22.6. The van der Waals surface area contributed by atoms with Gasteiger partial charge in [0.1, 0.15) is 11.6 Å². The van der Waals surface area contributed by atoms with Crippen molar-refractivity contribution in [2.45, 2.75) is 69.9 Å². The van der Waals surface area contributed by atoms with Gasteiger partial charge in [-0.05, 0) is 78.8 Å². The average molecular weight is 439 g/mol. The molecule has 0 aromatic heterocycles. The Morgan fingerprint density at radius 2 is 1.84 bits per heavy atom. The van der Waals surface area contributed by atoms with Crippen LogP contribution in [0, 0.1) is 11.7 Å². The number of hydrogen-bond acceptors (Lipinski definition) is 2. The summed E-state index contributed by atoms with van der Waals surface area (Å²) in [6.45, 7) is 5.84. The third-order valence-corrected chi connectivity index (χ3v) is 7.72. The molecule has 1 saturated heterocycles. The van der Waals surface area contributed by atoms with Crippen molar-refractivity contribution in [2.24, 2.45) is 5.92 Å². The SMILES string of the molecule is CCC(C)C[C@]1(c2cccc(F)c2)CC[C@]2(CC1)CN(Cc1ccc(OC)cc1)C(=O)N2. The van der Waals surface area contributed by atoms with Crippen LogP contribution in [-0.4, -0.2) is 30.1 Å². The third kappa shape index (κ3) is 4.62. The molecule has 5 heteroatoms. The lowest BCUT2D eigenvalue weighted by Gasteiger charge is -2.46. The lowest BCUT2D eigenvalue weighted by Crippen LogP contribution is -2.50. The van der Waals surface area contributed by atoms with E-state index in [4.69, 9.17) is 4.74 Å². The van der Waals surface area contributed by atoms with E-state index in [-0.39, 0.29) is 22.8 Å². The Balaban J connectivity index is 1.48. The first-order chi connectivity index (χ1) is 15.4. The number of benzene rings is 2. The maximum Gasteiger partial charge on any atom is 0.318 e. The van der Waals surface area contributed by atoms with Crippen molar-refractivity contribution in [1.82, 2.24) is 10.2 Å². The number of hydrogen-bond donors (Lipinski definition) is 1. The Morgan fingerprint density at radius 1 is 1.12 bits per heavy atom. The van der Waals surface area contributed by atoms with Crippen molar-refractivity contribution < 1.29 is 13.9 Å². The van der Waals surface area contributed by atoms with E-state index in [2.05, 4.69) is 25.2 Å². The largest absolute Gasteiger partial charge is 0.497 e. The molecule has 0 bridgehead atoms. The summed E-state index contributed by atoms with van der Waals surface area (Å²) in [4.78, 5) is 14.7. The molecule has 1 aliphatic carbocycles. The number of rotatable bonds is 7. The van der Waals surface area contributed by atoms with Crippen LogP contribution in [0.2, 0.25) is 0 Å². The van der Waals surface area contributed by atoms with E-state index in [1.165, 1.54) is 6.07 Å². The summed E-state index contributed by atoms with van der Waals surface area (Å²) in [7, 11) is 1.65. The Kier molecular flexibility index (Phi) is 6.45. The highest BCUT2D eigenvalue weighted by Gasteiger charge is 2.49. The normalized spacial score (nSPS) is 26.2. The van der Waals surface area contributed by atoms with Gasteiger partial charge in [0.2, 0.25) is 0 Å². The fourth-order valence-corrected chi connectivity index (χ4v) is 5.59. The molecule has 2 aromatic rings. The van der Waals surface area contributed by atoms with Gasteiger partial charge in [-0.25, -0.2) is 9.18 Å². The van der Waals surface area contributed by atoms with E-state index in [9.17, 15) is 9.18 Å². The van der Waals surface area contributed by atoms with Crippen LogP contribution in [-0.2, 0) is 12.0 Å². The van der Waals surface area contributed by atoms with Crippen molar-refractivity contribution in [3.05, 3.63) is 65.5 Å². The predicted molar refractivity (Wildman–Crippen MR) is 125 cm³/mol. The molecule has 2 fully saturated rings. The third-order valence-electron chi connectivity index (χ3n) is 7.72. The van der Waals surface area contributed by atoms with E-state index >= 15 is 0 Å². The molecule has 2 amide bonds.